The number of benzene rings is 1. The fraction of sp³-hybridized carbons (Fsp3) is 0.435. The summed E-state index contributed by atoms with van der Waals surface area (Å²) < 4.78 is 20.6. The van der Waals surface area contributed by atoms with Gasteiger partial charge in [-0.15, -0.1) is 0 Å². The van der Waals surface area contributed by atoms with E-state index in [9.17, 15) is 9.18 Å². The van der Waals surface area contributed by atoms with Gasteiger partial charge in [-0.05, 0) is 63.9 Å². The number of likely N-dealkylation sites (tertiary alicyclic amines) is 1. The fourth-order valence-corrected chi connectivity index (χ4v) is 4.27. The molecule has 1 aliphatic rings. The molecule has 3 heterocycles. The normalized spacial score (nSPS) is 17.4. The summed E-state index contributed by atoms with van der Waals surface area (Å²) in [5.41, 5.74) is 3.73. The van der Waals surface area contributed by atoms with Crippen molar-refractivity contribution in [3.8, 4) is 0 Å². The minimum absolute atomic E-state index is 0.121. The van der Waals surface area contributed by atoms with Gasteiger partial charge in [0.2, 0.25) is 5.89 Å². The molecule has 1 aliphatic heterocycles. The van der Waals surface area contributed by atoms with E-state index in [1.54, 1.807) is 12.1 Å². The van der Waals surface area contributed by atoms with Gasteiger partial charge in [0.05, 0.1) is 12.5 Å². The predicted molar refractivity (Wildman–Crippen MR) is 111 cm³/mol. The van der Waals surface area contributed by atoms with Crippen LogP contribution in [0.15, 0.2) is 34.9 Å². The van der Waals surface area contributed by atoms with Gasteiger partial charge < -0.3 is 9.09 Å². The van der Waals surface area contributed by atoms with Gasteiger partial charge in [0.25, 0.3) is 0 Å². The van der Waals surface area contributed by atoms with Crippen molar-refractivity contribution in [1.82, 2.24) is 19.6 Å². The molecule has 0 aliphatic carbocycles. The summed E-state index contributed by atoms with van der Waals surface area (Å²) in [6.07, 6.45) is 2.00. The Balaban J connectivity index is 1.45. The Kier molecular flexibility index (Phi) is 5.81. The molecule has 30 heavy (non-hydrogen) atoms. The largest absolute Gasteiger partial charge is 0.344 e. The molecule has 6 nitrogen and oxygen atoms in total. The molecular formula is C23H27FN4O2. The monoisotopic (exact) mass is 410 g/mol. The molecular weight excluding hydrogens is 383 g/mol. The summed E-state index contributed by atoms with van der Waals surface area (Å²) in [5.74, 6) is 1.37. The first-order valence-corrected chi connectivity index (χ1v) is 10.4. The molecule has 158 valence electrons. The highest BCUT2D eigenvalue weighted by molar-refractivity contribution is 5.99. The second kappa shape index (κ2) is 8.52. The zero-order valence-corrected chi connectivity index (χ0v) is 17.7. The molecule has 1 fully saturated rings. The average molecular weight is 410 g/mol. The number of aryl methyl sites for hydroxylation is 2. The molecule has 1 unspecified atom stereocenters. The van der Waals surface area contributed by atoms with Crippen LogP contribution in [0.3, 0.4) is 0 Å². The number of carbonyl (C=O) groups is 1. The van der Waals surface area contributed by atoms with Crippen LogP contribution < -0.4 is 0 Å². The van der Waals surface area contributed by atoms with Crippen molar-refractivity contribution in [3.05, 3.63) is 70.4 Å². The number of Topliss-reactive ketones (excluding diaryl/α,β-unsaturated/α-hetero) is 1. The molecule has 1 saturated heterocycles. The van der Waals surface area contributed by atoms with Crippen LogP contribution in [0.5, 0.6) is 0 Å². The number of hydrogen-bond acceptors (Lipinski definition) is 5. The first kappa shape index (κ1) is 20.5. The Morgan fingerprint density at radius 2 is 2.00 bits per heavy atom. The van der Waals surface area contributed by atoms with E-state index in [0.717, 1.165) is 48.4 Å². The quantitative estimate of drug-likeness (QED) is 0.574. The number of ketones is 1. The first-order valence-electron chi connectivity index (χ1n) is 10.4. The summed E-state index contributed by atoms with van der Waals surface area (Å²) in [7, 11) is 0. The first-order chi connectivity index (χ1) is 14.4. The highest BCUT2D eigenvalue weighted by atomic mass is 19.1. The Labute approximate surface area is 175 Å². The minimum atomic E-state index is -0.244. The van der Waals surface area contributed by atoms with E-state index in [1.165, 1.54) is 12.1 Å². The third-order valence-electron chi connectivity index (χ3n) is 5.89. The molecule has 0 spiro atoms. The van der Waals surface area contributed by atoms with Crippen LogP contribution in [0.25, 0.3) is 0 Å². The van der Waals surface area contributed by atoms with Gasteiger partial charge >= 0.3 is 0 Å². The van der Waals surface area contributed by atoms with Gasteiger partial charge in [0.1, 0.15) is 5.82 Å². The van der Waals surface area contributed by atoms with Crippen molar-refractivity contribution in [2.24, 2.45) is 0 Å². The van der Waals surface area contributed by atoms with Gasteiger partial charge in [-0.25, -0.2) is 4.39 Å². The molecule has 0 radical (unpaired) electrons. The van der Waals surface area contributed by atoms with Crippen LogP contribution in [-0.4, -0.2) is 45.0 Å². The van der Waals surface area contributed by atoms with Crippen LogP contribution in [0, 0.1) is 26.6 Å². The van der Waals surface area contributed by atoms with Crippen molar-refractivity contribution in [1.29, 1.82) is 0 Å². The van der Waals surface area contributed by atoms with E-state index in [1.807, 2.05) is 26.8 Å². The number of hydrogen-bond donors (Lipinski definition) is 0. The number of aromatic nitrogens is 3. The Morgan fingerprint density at radius 1 is 1.23 bits per heavy atom. The molecule has 0 bridgehead atoms. The smallest absolute Gasteiger partial charge is 0.231 e. The van der Waals surface area contributed by atoms with Crippen LogP contribution in [0.1, 0.15) is 57.8 Å². The average Bonchev–Trinajstić information content (AvgIpc) is 3.28. The lowest BCUT2D eigenvalue weighted by Crippen LogP contribution is -2.38. The van der Waals surface area contributed by atoms with E-state index < -0.39 is 0 Å². The van der Waals surface area contributed by atoms with Crippen molar-refractivity contribution in [2.45, 2.75) is 46.1 Å². The lowest BCUT2D eigenvalue weighted by molar-refractivity contribution is 0.0898. The summed E-state index contributed by atoms with van der Waals surface area (Å²) in [5, 5.41) is 3.89. The van der Waals surface area contributed by atoms with Crippen LogP contribution >= 0.6 is 0 Å². The lowest BCUT2D eigenvalue weighted by Gasteiger charge is -2.30. The molecule has 0 saturated carbocycles. The molecule has 0 N–H and O–H groups in total. The van der Waals surface area contributed by atoms with Crippen molar-refractivity contribution < 1.29 is 13.7 Å². The van der Waals surface area contributed by atoms with E-state index >= 15 is 0 Å². The predicted octanol–water partition coefficient (Wildman–Crippen LogP) is 4.05. The van der Waals surface area contributed by atoms with Gasteiger partial charge in [0.15, 0.2) is 11.6 Å². The second-order valence-corrected chi connectivity index (χ2v) is 8.17. The Morgan fingerprint density at radius 3 is 2.70 bits per heavy atom. The number of halogens is 1. The molecule has 3 aromatic rings. The molecule has 1 aromatic carbocycles. The standard InChI is InChI=1S/C23H27FN4O2/c1-15-11-21(16(2)28(15)12-18-6-8-20(24)9-7-18)22(29)14-27-10-4-5-19(13-27)23-25-17(3)26-30-23/h6-9,11,19H,4-5,10,12-14H2,1-3H3. The van der Waals surface area contributed by atoms with Crippen LogP contribution in [-0.2, 0) is 6.54 Å². The molecule has 7 heteroatoms. The fourth-order valence-electron chi connectivity index (χ4n) is 4.27. The van der Waals surface area contributed by atoms with Gasteiger partial charge in [-0.1, -0.05) is 17.3 Å². The van der Waals surface area contributed by atoms with Gasteiger partial charge in [-0.2, -0.15) is 4.98 Å². The SMILES string of the molecule is Cc1noc(C2CCCN(CC(=O)c3cc(C)n(Cc4ccc(F)cc4)c3C)C2)n1. The topological polar surface area (TPSA) is 64.2 Å². The summed E-state index contributed by atoms with van der Waals surface area (Å²) in [6.45, 7) is 8.44. The van der Waals surface area contributed by atoms with E-state index in [0.29, 0.717) is 24.8 Å². The zero-order valence-electron chi connectivity index (χ0n) is 17.7. The highest BCUT2D eigenvalue weighted by Crippen LogP contribution is 2.26. The third-order valence-corrected chi connectivity index (χ3v) is 5.89. The minimum Gasteiger partial charge on any atom is -0.344 e. The molecule has 2 aromatic heterocycles. The Bertz CT molecular complexity index is 1040. The Hall–Kier alpha value is -2.80. The maximum atomic E-state index is 13.2. The lowest BCUT2D eigenvalue weighted by atomic mass is 9.97. The van der Waals surface area contributed by atoms with Gasteiger partial charge in [-0.3, -0.25) is 9.69 Å². The number of nitrogens with zero attached hydrogens (tertiary/aromatic N) is 4. The number of piperidine rings is 1. The van der Waals surface area contributed by atoms with Crippen LogP contribution in [0.2, 0.25) is 0 Å². The van der Waals surface area contributed by atoms with Gasteiger partial charge in [0, 0.05) is 30.0 Å². The van der Waals surface area contributed by atoms with Crippen molar-refractivity contribution >= 4 is 5.78 Å². The van der Waals surface area contributed by atoms with Crippen LogP contribution in [0.4, 0.5) is 4.39 Å². The highest BCUT2D eigenvalue weighted by Gasteiger charge is 2.27. The molecule has 4 rings (SSSR count). The van der Waals surface area contributed by atoms with E-state index in [4.69, 9.17) is 4.52 Å². The summed E-state index contributed by atoms with van der Waals surface area (Å²) in [6, 6.07) is 8.45. The molecule has 1 atom stereocenters. The maximum absolute atomic E-state index is 13.2. The maximum Gasteiger partial charge on any atom is 0.231 e. The molecule has 0 amide bonds. The summed E-state index contributed by atoms with van der Waals surface area (Å²) >= 11 is 0. The van der Waals surface area contributed by atoms with E-state index in [2.05, 4.69) is 19.6 Å². The van der Waals surface area contributed by atoms with Crippen molar-refractivity contribution in [3.63, 3.8) is 0 Å². The number of carbonyl (C=O) groups excluding carboxylic acids is 1. The third kappa shape index (κ3) is 4.36. The number of rotatable bonds is 6. The second-order valence-electron chi connectivity index (χ2n) is 8.17. The summed E-state index contributed by atoms with van der Waals surface area (Å²) in [4.78, 5) is 19.6. The zero-order chi connectivity index (χ0) is 21.3. The van der Waals surface area contributed by atoms with E-state index in [-0.39, 0.29) is 17.5 Å². The van der Waals surface area contributed by atoms with Crippen molar-refractivity contribution in [2.75, 3.05) is 19.6 Å².